The van der Waals surface area contributed by atoms with E-state index in [0.717, 1.165) is 11.3 Å². The minimum absolute atomic E-state index is 0.113. The van der Waals surface area contributed by atoms with E-state index in [-0.39, 0.29) is 11.7 Å². The monoisotopic (exact) mass is 422 g/mol. The molecule has 1 aromatic carbocycles. The first-order chi connectivity index (χ1) is 13.2. The smallest absolute Gasteiger partial charge is 0.234 e. The first-order valence-corrected chi connectivity index (χ1v) is 10.7. The molecule has 0 saturated carbocycles. The Balaban J connectivity index is 1.73. The van der Waals surface area contributed by atoms with Crippen molar-refractivity contribution in [2.45, 2.75) is 10.8 Å². The van der Waals surface area contributed by atoms with E-state index >= 15 is 0 Å². The number of thioether (sulfide) groups is 1. The van der Waals surface area contributed by atoms with Crippen LogP contribution in [0.4, 0.5) is 5.69 Å². The van der Waals surface area contributed by atoms with E-state index in [1.54, 1.807) is 25.6 Å². The van der Waals surface area contributed by atoms with Crippen LogP contribution in [0.2, 0.25) is 0 Å². The van der Waals surface area contributed by atoms with Crippen molar-refractivity contribution in [1.82, 2.24) is 14.2 Å². The number of nitrogens with zero attached hydrogens (tertiary/aromatic N) is 3. The highest BCUT2D eigenvalue weighted by molar-refractivity contribution is 8.01. The van der Waals surface area contributed by atoms with E-state index in [1.807, 2.05) is 51.1 Å². The molecule has 7 nitrogen and oxygen atoms in total. The lowest BCUT2D eigenvalue weighted by Gasteiger charge is -2.15. The normalized spacial score (nSPS) is 11.1. The van der Waals surface area contributed by atoms with Gasteiger partial charge in [0.2, 0.25) is 16.7 Å². The van der Waals surface area contributed by atoms with Crippen LogP contribution in [-0.2, 0) is 14.3 Å². The zero-order chi connectivity index (χ0) is 19.1. The van der Waals surface area contributed by atoms with Gasteiger partial charge in [-0.3, -0.25) is 4.79 Å². The van der Waals surface area contributed by atoms with Crippen molar-refractivity contribution in [2.24, 2.45) is 0 Å². The van der Waals surface area contributed by atoms with Crippen molar-refractivity contribution in [3.63, 3.8) is 0 Å². The summed E-state index contributed by atoms with van der Waals surface area (Å²) in [4.78, 5) is 12.2. The molecule has 0 radical (unpaired) electrons. The number of carbonyl (C=O) groups excluding carboxylic acids is 1. The van der Waals surface area contributed by atoms with E-state index in [4.69, 9.17) is 9.47 Å². The highest BCUT2D eigenvalue weighted by Crippen LogP contribution is 2.31. The van der Waals surface area contributed by atoms with Gasteiger partial charge in [0.15, 0.2) is 5.82 Å². The van der Waals surface area contributed by atoms with Crippen LogP contribution in [0.15, 0.2) is 52.3 Å². The summed E-state index contributed by atoms with van der Waals surface area (Å²) in [6.45, 7) is 0. The minimum atomic E-state index is -0.518. The molecule has 1 N–H and O–H groups in total. The molecule has 3 aromatic rings. The Morgan fingerprint density at radius 1 is 1.22 bits per heavy atom. The largest absolute Gasteiger partial charge is 0.346 e. The molecule has 1 amide bonds. The molecule has 0 saturated heterocycles. The van der Waals surface area contributed by atoms with Crippen LogP contribution in [0.25, 0.3) is 11.4 Å². The summed E-state index contributed by atoms with van der Waals surface area (Å²) in [7, 11) is 3.13. The van der Waals surface area contributed by atoms with Crippen LogP contribution >= 0.6 is 35.0 Å². The van der Waals surface area contributed by atoms with Crippen molar-refractivity contribution in [3.8, 4) is 11.4 Å². The van der Waals surface area contributed by atoms with Gasteiger partial charge in [-0.15, -0.1) is 10.2 Å². The Bertz CT molecular complexity index is 852. The number of ether oxygens (including phenoxy) is 2. The molecule has 0 atom stereocenters. The number of benzene rings is 1. The molecule has 3 rings (SSSR count). The number of rotatable bonds is 9. The van der Waals surface area contributed by atoms with E-state index < -0.39 is 5.62 Å². The van der Waals surface area contributed by atoms with Crippen LogP contribution in [0, 0.1) is 0 Å². The number of thiophene rings is 1. The second-order valence-electron chi connectivity index (χ2n) is 5.18. The topological polar surface area (TPSA) is 78.3 Å². The fourth-order valence-corrected chi connectivity index (χ4v) is 4.40. The van der Waals surface area contributed by atoms with Crippen LogP contribution in [-0.4, -0.2) is 45.7 Å². The first-order valence-electron chi connectivity index (χ1n) is 7.89. The highest BCUT2D eigenvalue weighted by atomic mass is 32.2. The minimum Gasteiger partial charge on any atom is -0.346 e. The molecule has 2 heterocycles. The Labute approximate surface area is 169 Å². The van der Waals surface area contributed by atoms with E-state index in [9.17, 15) is 4.79 Å². The Kier molecular flexibility index (Phi) is 7.30. The molecule has 0 aliphatic heterocycles. The number of para-hydroxylation sites is 1. The van der Waals surface area contributed by atoms with Gasteiger partial charge in [-0.25, -0.2) is 3.97 Å². The maximum Gasteiger partial charge on any atom is 0.234 e. The highest BCUT2D eigenvalue weighted by Gasteiger charge is 2.20. The molecule has 0 aliphatic carbocycles. The van der Waals surface area contributed by atoms with Gasteiger partial charge < -0.3 is 14.8 Å². The van der Waals surface area contributed by atoms with E-state index in [2.05, 4.69) is 15.5 Å². The summed E-state index contributed by atoms with van der Waals surface area (Å²) >= 11 is 4.18. The molecular formula is C17H18N4O3S3. The standard InChI is InChI=1S/C17H18N4O3S3/c1-23-17(24-2)27-21-15(12-8-9-25-10-12)19-20-16(21)26-11-14(22)18-13-6-4-3-5-7-13/h3-10,17H,11H2,1-2H3,(H,18,22). The molecule has 0 bridgehead atoms. The lowest BCUT2D eigenvalue weighted by atomic mass is 10.3. The maximum atomic E-state index is 12.2. The average Bonchev–Trinajstić information content (AvgIpc) is 3.35. The third-order valence-electron chi connectivity index (χ3n) is 3.34. The summed E-state index contributed by atoms with van der Waals surface area (Å²) in [5.41, 5.74) is 1.19. The van der Waals surface area contributed by atoms with Gasteiger partial charge in [0.25, 0.3) is 0 Å². The maximum absolute atomic E-state index is 12.2. The van der Waals surface area contributed by atoms with Gasteiger partial charge in [0, 0.05) is 42.8 Å². The summed E-state index contributed by atoms with van der Waals surface area (Å²) in [6.07, 6.45) is 0. The number of nitrogens with one attached hydrogen (secondary N) is 1. The molecule has 0 aliphatic rings. The Morgan fingerprint density at radius 3 is 2.67 bits per heavy atom. The molecular weight excluding hydrogens is 404 g/mol. The van der Waals surface area contributed by atoms with Crippen molar-refractivity contribution in [2.75, 3.05) is 25.3 Å². The SMILES string of the molecule is COC(OC)Sn1c(SCC(=O)Nc2ccccc2)nnc1-c1ccsc1. The predicted molar refractivity (Wildman–Crippen MR) is 110 cm³/mol. The summed E-state index contributed by atoms with van der Waals surface area (Å²) < 4.78 is 12.4. The van der Waals surface area contributed by atoms with Gasteiger partial charge >= 0.3 is 0 Å². The van der Waals surface area contributed by atoms with Gasteiger partial charge in [-0.05, 0) is 23.6 Å². The fourth-order valence-electron chi connectivity index (χ4n) is 2.13. The predicted octanol–water partition coefficient (Wildman–Crippen LogP) is 3.81. The number of methoxy groups -OCH3 is 2. The Hall–Kier alpha value is -1.85. The second kappa shape index (κ2) is 9.90. The molecule has 2 aromatic heterocycles. The molecule has 10 heteroatoms. The lowest BCUT2D eigenvalue weighted by molar-refractivity contribution is -0.113. The zero-order valence-corrected chi connectivity index (χ0v) is 17.1. The van der Waals surface area contributed by atoms with Crippen LogP contribution in [0.1, 0.15) is 0 Å². The van der Waals surface area contributed by atoms with E-state index in [1.165, 1.54) is 23.7 Å². The molecule has 0 spiro atoms. The average molecular weight is 423 g/mol. The Morgan fingerprint density at radius 2 is 2.00 bits per heavy atom. The summed E-state index contributed by atoms with van der Waals surface area (Å²) in [6, 6.07) is 11.3. The summed E-state index contributed by atoms with van der Waals surface area (Å²) in [5.74, 6) is 0.783. The van der Waals surface area contributed by atoms with Gasteiger partial charge in [0.1, 0.15) is 0 Å². The van der Waals surface area contributed by atoms with Crippen molar-refractivity contribution < 1.29 is 14.3 Å². The van der Waals surface area contributed by atoms with Crippen molar-refractivity contribution in [1.29, 1.82) is 0 Å². The number of anilines is 1. The van der Waals surface area contributed by atoms with Crippen LogP contribution in [0.5, 0.6) is 0 Å². The van der Waals surface area contributed by atoms with Crippen molar-refractivity contribution >= 4 is 46.6 Å². The number of amides is 1. The molecule has 0 fully saturated rings. The van der Waals surface area contributed by atoms with Crippen LogP contribution < -0.4 is 5.32 Å². The van der Waals surface area contributed by atoms with Gasteiger partial charge in [-0.1, -0.05) is 30.0 Å². The summed E-state index contributed by atoms with van der Waals surface area (Å²) in [5, 5.41) is 15.9. The van der Waals surface area contributed by atoms with Crippen LogP contribution in [0.3, 0.4) is 0 Å². The lowest BCUT2D eigenvalue weighted by Crippen LogP contribution is -2.15. The molecule has 27 heavy (non-hydrogen) atoms. The fraction of sp³-hybridized carbons (Fsp3) is 0.235. The third-order valence-corrected chi connectivity index (χ3v) is 6.18. The quantitative estimate of drug-likeness (QED) is 0.415. The second-order valence-corrected chi connectivity index (χ2v) is 7.86. The number of carbonyl (C=O) groups is 1. The molecule has 0 unspecified atom stereocenters. The number of hydrogen-bond acceptors (Lipinski definition) is 8. The van der Waals surface area contributed by atoms with Crippen molar-refractivity contribution in [3.05, 3.63) is 47.2 Å². The first kappa shape index (κ1) is 19.9. The van der Waals surface area contributed by atoms with E-state index in [0.29, 0.717) is 11.0 Å². The van der Waals surface area contributed by atoms with Gasteiger partial charge in [-0.2, -0.15) is 11.3 Å². The number of hydrogen-bond donors (Lipinski definition) is 1. The third kappa shape index (κ3) is 5.33. The zero-order valence-electron chi connectivity index (χ0n) is 14.7. The van der Waals surface area contributed by atoms with Gasteiger partial charge in [0.05, 0.1) is 5.75 Å². The number of aromatic nitrogens is 3. The molecule has 142 valence electrons.